The Morgan fingerprint density at radius 2 is 1.12 bits per heavy atom. The van der Waals surface area contributed by atoms with Gasteiger partial charge in [0, 0.05) is 0 Å². The largest absolute Gasteiger partial charge is 0.507 e. The van der Waals surface area contributed by atoms with Crippen molar-refractivity contribution < 1.29 is 19.7 Å². The van der Waals surface area contributed by atoms with E-state index >= 15 is 0 Å². The first-order valence-electron chi connectivity index (χ1n) is 4.74. The zero-order chi connectivity index (χ0) is 11.7. The third-order valence-electron chi connectivity index (χ3n) is 2.48. The Hall–Kier alpha value is -2.10. The second-order valence-electron chi connectivity index (χ2n) is 3.32. The molecule has 0 bridgehead atoms. The smallest absolute Gasteiger partial charge is 0.130 e. The molecule has 2 rings (SSSR count). The van der Waals surface area contributed by atoms with Crippen molar-refractivity contribution in [1.82, 2.24) is 0 Å². The zero-order valence-corrected chi connectivity index (χ0v) is 9.02. The molecule has 0 spiro atoms. The van der Waals surface area contributed by atoms with Gasteiger partial charge in [0.1, 0.15) is 23.0 Å². The molecule has 0 fully saturated rings. The SMILES string of the molecule is COc1ccc(OC)c2c(O)ccc(O)c12. The van der Waals surface area contributed by atoms with E-state index < -0.39 is 0 Å². The van der Waals surface area contributed by atoms with Gasteiger partial charge in [-0.25, -0.2) is 0 Å². The lowest BCUT2D eigenvalue weighted by Gasteiger charge is -2.11. The van der Waals surface area contributed by atoms with Crippen LogP contribution in [0.3, 0.4) is 0 Å². The monoisotopic (exact) mass is 220 g/mol. The molecule has 0 unspecified atom stereocenters. The Labute approximate surface area is 92.7 Å². The molecule has 0 amide bonds. The second kappa shape index (κ2) is 3.81. The van der Waals surface area contributed by atoms with Gasteiger partial charge in [0.15, 0.2) is 0 Å². The fourth-order valence-electron chi connectivity index (χ4n) is 1.74. The van der Waals surface area contributed by atoms with Crippen LogP contribution < -0.4 is 9.47 Å². The number of aromatic hydroxyl groups is 2. The maximum Gasteiger partial charge on any atom is 0.130 e. The van der Waals surface area contributed by atoms with Gasteiger partial charge in [0.05, 0.1) is 25.0 Å². The maximum atomic E-state index is 9.78. The number of hydrogen-bond acceptors (Lipinski definition) is 4. The summed E-state index contributed by atoms with van der Waals surface area (Å²) in [6.07, 6.45) is 0. The van der Waals surface area contributed by atoms with Gasteiger partial charge in [-0.05, 0) is 24.3 Å². The summed E-state index contributed by atoms with van der Waals surface area (Å²) in [5.41, 5.74) is 0. The molecular weight excluding hydrogens is 208 g/mol. The number of phenolic OH excluding ortho intramolecular Hbond substituents is 2. The van der Waals surface area contributed by atoms with Gasteiger partial charge < -0.3 is 19.7 Å². The van der Waals surface area contributed by atoms with Crippen LogP contribution in [0.2, 0.25) is 0 Å². The van der Waals surface area contributed by atoms with Crippen molar-refractivity contribution in [2.45, 2.75) is 0 Å². The van der Waals surface area contributed by atoms with E-state index in [1.165, 1.54) is 26.4 Å². The molecule has 0 radical (unpaired) electrons. The van der Waals surface area contributed by atoms with E-state index in [1.54, 1.807) is 12.1 Å². The highest BCUT2D eigenvalue weighted by atomic mass is 16.5. The Kier molecular flexibility index (Phi) is 2.48. The van der Waals surface area contributed by atoms with Crippen LogP contribution in [0.1, 0.15) is 0 Å². The predicted molar refractivity (Wildman–Crippen MR) is 60.4 cm³/mol. The molecule has 0 saturated heterocycles. The molecular formula is C12H12O4. The quantitative estimate of drug-likeness (QED) is 0.762. The third kappa shape index (κ3) is 1.39. The first-order valence-corrected chi connectivity index (χ1v) is 4.74. The van der Waals surface area contributed by atoms with Crippen LogP contribution in [0.4, 0.5) is 0 Å². The van der Waals surface area contributed by atoms with Gasteiger partial charge in [-0.2, -0.15) is 0 Å². The molecule has 0 aromatic heterocycles. The Balaban J connectivity index is 2.95. The Morgan fingerprint density at radius 3 is 1.44 bits per heavy atom. The summed E-state index contributed by atoms with van der Waals surface area (Å²) >= 11 is 0. The molecule has 4 nitrogen and oxygen atoms in total. The molecule has 0 heterocycles. The zero-order valence-electron chi connectivity index (χ0n) is 9.02. The summed E-state index contributed by atoms with van der Waals surface area (Å²) in [5.74, 6) is 1.07. The molecule has 2 N–H and O–H groups in total. The number of ether oxygens (including phenoxy) is 2. The van der Waals surface area contributed by atoms with Crippen molar-refractivity contribution >= 4 is 10.8 Å². The number of phenols is 2. The van der Waals surface area contributed by atoms with E-state index in [1.807, 2.05) is 0 Å². The van der Waals surface area contributed by atoms with E-state index in [0.29, 0.717) is 22.3 Å². The van der Waals surface area contributed by atoms with Crippen LogP contribution in [0.5, 0.6) is 23.0 Å². The number of benzene rings is 2. The summed E-state index contributed by atoms with van der Waals surface area (Å²) in [4.78, 5) is 0. The standard InChI is InChI=1S/C12H12O4/c1-15-9-5-6-10(16-2)12-8(14)4-3-7(13)11(9)12/h3-6,13-14H,1-2H3. The summed E-state index contributed by atoms with van der Waals surface area (Å²) in [5, 5.41) is 20.5. The first kappa shape index (κ1) is 10.4. The minimum absolute atomic E-state index is 0.0450. The minimum atomic E-state index is 0.0450. The highest BCUT2D eigenvalue weighted by Crippen LogP contribution is 2.43. The molecule has 0 aliphatic heterocycles. The average Bonchev–Trinajstić information content (AvgIpc) is 2.32. The second-order valence-corrected chi connectivity index (χ2v) is 3.32. The van der Waals surface area contributed by atoms with Crippen molar-refractivity contribution in [2.24, 2.45) is 0 Å². The van der Waals surface area contributed by atoms with E-state index in [-0.39, 0.29) is 11.5 Å². The molecule has 84 valence electrons. The van der Waals surface area contributed by atoms with E-state index in [0.717, 1.165) is 0 Å². The van der Waals surface area contributed by atoms with Gasteiger partial charge in [0.2, 0.25) is 0 Å². The molecule has 0 aliphatic carbocycles. The number of fused-ring (bicyclic) bond motifs is 1. The summed E-state index contributed by atoms with van der Waals surface area (Å²) in [6, 6.07) is 6.19. The number of rotatable bonds is 2. The van der Waals surface area contributed by atoms with Gasteiger partial charge in [-0.1, -0.05) is 0 Å². The van der Waals surface area contributed by atoms with Crippen LogP contribution in [0.15, 0.2) is 24.3 Å². The number of hydrogen-bond donors (Lipinski definition) is 2. The van der Waals surface area contributed by atoms with Crippen molar-refractivity contribution in [3.8, 4) is 23.0 Å². The normalized spacial score (nSPS) is 10.4. The summed E-state index contributed by atoms with van der Waals surface area (Å²) in [6.45, 7) is 0. The van der Waals surface area contributed by atoms with E-state index in [9.17, 15) is 10.2 Å². The van der Waals surface area contributed by atoms with Crippen LogP contribution >= 0.6 is 0 Å². The van der Waals surface area contributed by atoms with Crippen molar-refractivity contribution in [2.75, 3.05) is 14.2 Å². The fraction of sp³-hybridized carbons (Fsp3) is 0.167. The lowest BCUT2D eigenvalue weighted by atomic mass is 10.1. The molecule has 0 aliphatic rings. The molecule has 16 heavy (non-hydrogen) atoms. The number of methoxy groups -OCH3 is 2. The average molecular weight is 220 g/mol. The van der Waals surface area contributed by atoms with Gasteiger partial charge in [0.25, 0.3) is 0 Å². The van der Waals surface area contributed by atoms with Crippen molar-refractivity contribution in [3.05, 3.63) is 24.3 Å². The van der Waals surface area contributed by atoms with Gasteiger partial charge >= 0.3 is 0 Å². The molecule has 0 saturated carbocycles. The molecule has 0 atom stereocenters. The minimum Gasteiger partial charge on any atom is -0.507 e. The third-order valence-corrected chi connectivity index (χ3v) is 2.48. The highest BCUT2D eigenvalue weighted by molar-refractivity contribution is 6.01. The van der Waals surface area contributed by atoms with E-state index in [2.05, 4.69) is 0 Å². The lowest BCUT2D eigenvalue weighted by Crippen LogP contribution is -1.90. The molecule has 4 heteroatoms. The Morgan fingerprint density at radius 1 is 0.750 bits per heavy atom. The van der Waals surface area contributed by atoms with E-state index in [4.69, 9.17) is 9.47 Å². The first-order chi connectivity index (χ1) is 7.69. The predicted octanol–water partition coefficient (Wildman–Crippen LogP) is 2.27. The summed E-state index contributed by atoms with van der Waals surface area (Å²) < 4.78 is 10.3. The lowest BCUT2D eigenvalue weighted by molar-refractivity contribution is 0.404. The van der Waals surface area contributed by atoms with Gasteiger partial charge in [-0.15, -0.1) is 0 Å². The van der Waals surface area contributed by atoms with Crippen LogP contribution in [-0.4, -0.2) is 24.4 Å². The van der Waals surface area contributed by atoms with Crippen LogP contribution in [-0.2, 0) is 0 Å². The Bertz CT molecular complexity index is 486. The summed E-state index contributed by atoms with van der Waals surface area (Å²) in [7, 11) is 3.01. The van der Waals surface area contributed by atoms with Crippen molar-refractivity contribution in [3.63, 3.8) is 0 Å². The topological polar surface area (TPSA) is 58.9 Å². The van der Waals surface area contributed by atoms with Crippen LogP contribution in [0, 0.1) is 0 Å². The molecule has 2 aromatic carbocycles. The van der Waals surface area contributed by atoms with Crippen molar-refractivity contribution in [1.29, 1.82) is 0 Å². The fourth-order valence-corrected chi connectivity index (χ4v) is 1.74. The maximum absolute atomic E-state index is 9.78. The highest BCUT2D eigenvalue weighted by Gasteiger charge is 2.14. The van der Waals surface area contributed by atoms with Crippen LogP contribution in [0.25, 0.3) is 10.8 Å². The molecule has 2 aromatic rings. The van der Waals surface area contributed by atoms with Gasteiger partial charge in [-0.3, -0.25) is 0 Å².